The van der Waals surface area contributed by atoms with Gasteiger partial charge in [-0.3, -0.25) is 4.79 Å². The van der Waals surface area contributed by atoms with Crippen molar-refractivity contribution < 1.29 is 13.6 Å². The third-order valence-corrected chi connectivity index (χ3v) is 3.46. The zero-order chi connectivity index (χ0) is 15.4. The predicted octanol–water partition coefficient (Wildman–Crippen LogP) is 4.24. The van der Waals surface area contributed by atoms with Crippen LogP contribution in [0.2, 0.25) is 10.0 Å². The van der Waals surface area contributed by atoms with E-state index in [0.717, 1.165) is 17.7 Å². The van der Waals surface area contributed by atoms with E-state index in [9.17, 15) is 13.6 Å². The molecule has 0 aliphatic rings. The Morgan fingerprint density at radius 1 is 1.05 bits per heavy atom. The molecule has 0 atom stereocenters. The smallest absolute Gasteiger partial charge is 0.251 e. The van der Waals surface area contributed by atoms with Crippen LogP contribution in [0.4, 0.5) is 8.78 Å². The van der Waals surface area contributed by atoms with Crippen LogP contribution in [-0.2, 0) is 6.42 Å². The summed E-state index contributed by atoms with van der Waals surface area (Å²) in [5.41, 5.74) is 0.905. The standard InChI is InChI=1S/C15H11Cl2F2NO/c16-11-3-1-9(12(17)8-11)5-6-20-15(21)10-2-4-13(18)14(19)7-10/h1-4,7-8H,5-6H2,(H,20,21). The number of hydrogen-bond donors (Lipinski definition) is 1. The lowest BCUT2D eigenvalue weighted by Gasteiger charge is -2.07. The molecule has 0 saturated carbocycles. The Morgan fingerprint density at radius 3 is 2.48 bits per heavy atom. The Hall–Kier alpha value is -1.65. The molecule has 110 valence electrons. The van der Waals surface area contributed by atoms with E-state index in [1.807, 2.05) is 0 Å². The third kappa shape index (κ3) is 4.16. The van der Waals surface area contributed by atoms with Crippen LogP contribution in [0.15, 0.2) is 36.4 Å². The summed E-state index contributed by atoms with van der Waals surface area (Å²) in [4.78, 5) is 11.8. The third-order valence-electron chi connectivity index (χ3n) is 2.88. The van der Waals surface area contributed by atoms with Crippen molar-refractivity contribution >= 4 is 29.1 Å². The summed E-state index contributed by atoms with van der Waals surface area (Å²) in [5.74, 6) is -2.51. The van der Waals surface area contributed by atoms with Crippen LogP contribution >= 0.6 is 23.2 Å². The summed E-state index contributed by atoms with van der Waals surface area (Å²) in [5, 5.41) is 3.67. The highest BCUT2D eigenvalue weighted by atomic mass is 35.5. The average Bonchev–Trinajstić information content (AvgIpc) is 2.44. The first kappa shape index (κ1) is 15.7. The van der Waals surface area contributed by atoms with Crippen LogP contribution < -0.4 is 5.32 Å². The Balaban J connectivity index is 1.93. The first-order chi connectivity index (χ1) is 9.97. The maximum Gasteiger partial charge on any atom is 0.251 e. The molecule has 0 aliphatic heterocycles. The van der Waals surface area contributed by atoms with E-state index in [1.54, 1.807) is 18.2 Å². The van der Waals surface area contributed by atoms with E-state index in [-0.39, 0.29) is 5.56 Å². The summed E-state index contributed by atoms with van der Waals surface area (Å²) in [6.45, 7) is 0.319. The van der Waals surface area contributed by atoms with Gasteiger partial charge in [-0.05, 0) is 42.3 Å². The van der Waals surface area contributed by atoms with Crippen molar-refractivity contribution in [2.45, 2.75) is 6.42 Å². The number of benzene rings is 2. The maximum absolute atomic E-state index is 13.0. The van der Waals surface area contributed by atoms with Crippen LogP contribution in [0.5, 0.6) is 0 Å². The van der Waals surface area contributed by atoms with Gasteiger partial charge in [-0.25, -0.2) is 8.78 Å². The van der Waals surface area contributed by atoms with Crippen molar-refractivity contribution in [2.24, 2.45) is 0 Å². The molecule has 6 heteroatoms. The number of rotatable bonds is 4. The molecule has 0 aliphatic carbocycles. The van der Waals surface area contributed by atoms with Crippen molar-refractivity contribution in [1.82, 2.24) is 5.32 Å². The second-order valence-electron chi connectivity index (χ2n) is 4.37. The minimum Gasteiger partial charge on any atom is -0.352 e. The number of nitrogens with one attached hydrogen (secondary N) is 1. The van der Waals surface area contributed by atoms with Crippen LogP contribution in [0, 0.1) is 11.6 Å². The molecule has 2 aromatic rings. The predicted molar refractivity (Wildman–Crippen MR) is 78.9 cm³/mol. The molecule has 1 N–H and O–H groups in total. The molecular weight excluding hydrogens is 319 g/mol. The largest absolute Gasteiger partial charge is 0.352 e. The van der Waals surface area contributed by atoms with E-state index in [1.165, 1.54) is 6.07 Å². The van der Waals surface area contributed by atoms with Crippen LogP contribution in [0.3, 0.4) is 0 Å². The van der Waals surface area contributed by atoms with E-state index < -0.39 is 17.5 Å². The van der Waals surface area contributed by atoms with Crippen molar-refractivity contribution in [3.8, 4) is 0 Å². The quantitative estimate of drug-likeness (QED) is 0.892. The number of amides is 1. The summed E-state index contributed by atoms with van der Waals surface area (Å²) >= 11 is 11.8. The SMILES string of the molecule is O=C(NCCc1ccc(Cl)cc1Cl)c1ccc(F)c(F)c1. The van der Waals surface area contributed by atoms with E-state index >= 15 is 0 Å². The molecular formula is C15H11Cl2F2NO. The van der Waals surface area contributed by atoms with E-state index in [4.69, 9.17) is 23.2 Å². The van der Waals surface area contributed by atoms with Crippen LogP contribution in [0.1, 0.15) is 15.9 Å². The Labute approximate surface area is 130 Å². The van der Waals surface area contributed by atoms with Gasteiger partial charge in [-0.1, -0.05) is 29.3 Å². The Kier molecular flexibility index (Phi) is 5.15. The molecule has 21 heavy (non-hydrogen) atoms. The van der Waals surface area contributed by atoms with Crippen molar-refractivity contribution in [2.75, 3.05) is 6.54 Å². The fourth-order valence-electron chi connectivity index (χ4n) is 1.77. The van der Waals surface area contributed by atoms with Gasteiger partial charge in [0.05, 0.1) is 0 Å². The van der Waals surface area contributed by atoms with Gasteiger partial charge in [0.15, 0.2) is 11.6 Å². The molecule has 0 fully saturated rings. The lowest BCUT2D eigenvalue weighted by Crippen LogP contribution is -2.25. The molecule has 0 radical (unpaired) electrons. The zero-order valence-corrected chi connectivity index (χ0v) is 12.3. The molecule has 0 heterocycles. The Morgan fingerprint density at radius 2 is 1.81 bits per heavy atom. The van der Waals surface area contributed by atoms with Gasteiger partial charge in [-0.2, -0.15) is 0 Å². The monoisotopic (exact) mass is 329 g/mol. The minimum atomic E-state index is -1.05. The van der Waals surface area contributed by atoms with Crippen LogP contribution in [0.25, 0.3) is 0 Å². The second kappa shape index (κ2) is 6.87. The highest BCUT2D eigenvalue weighted by molar-refractivity contribution is 6.35. The van der Waals surface area contributed by atoms with Gasteiger partial charge in [0.1, 0.15) is 0 Å². The molecule has 0 spiro atoms. The lowest BCUT2D eigenvalue weighted by atomic mass is 10.1. The summed E-state index contributed by atoms with van der Waals surface area (Å²) < 4.78 is 25.8. The number of halogens is 4. The van der Waals surface area contributed by atoms with Gasteiger partial charge in [0.2, 0.25) is 0 Å². The second-order valence-corrected chi connectivity index (χ2v) is 5.21. The van der Waals surface area contributed by atoms with E-state index in [0.29, 0.717) is 23.0 Å². The van der Waals surface area contributed by atoms with E-state index in [2.05, 4.69) is 5.32 Å². The van der Waals surface area contributed by atoms with Gasteiger partial charge in [-0.15, -0.1) is 0 Å². The fraction of sp³-hybridized carbons (Fsp3) is 0.133. The van der Waals surface area contributed by atoms with Gasteiger partial charge < -0.3 is 5.32 Å². The van der Waals surface area contributed by atoms with Crippen molar-refractivity contribution in [3.05, 3.63) is 69.2 Å². The first-order valence-electron chi connectivity index (χ1n) is 6.14. The highest BCUT2D eigenvalue weighted by Gasteiger charge is 2.09. The normalized spacial score (nSPS) is 10.5. The average molecular weight is 330 g/mol. The van der Waals surface area contributed by atoms with Crippen molar-refractivity contribution in [3.63, 3.8) is 0 Å². The maximum atomic E-state index is 13.0. The molecule has 2 nitrogen and oxygen atoms in total. The lowest BCUT2D eigenvalue weighted by molar-refractivity contribution is 0.0953. The molecule has 0 unspecified atom stereocenters. The summed E-state index contributed by atoms with van der Waals surface area (Å²) in [6.07, 6.45) is 0.505. The topological polar surface area (TPSA) is 29.1 Å². The number of hydrogen-bond acceptors (Lipinski definition) is 1. The van der Waals surface area contributed by atoms with Gasteiger partial charge in [0, 0.05) is 22.2 Å². The molecule has 1 amide bonds. The molecule has 2 rings (SSSR count). The molecule has 0 saturated heterocycles. The Bertz CT molecular complexity index is 677. The van der Waals surface area contributed by atoms with Gasteiger partial charge in [0.25, 0.3) is 5.91 Å². The van der Waals surface area contributed by atoms with Crippen molar-refractivity contribution in [1.29, 1.82) is 0 Å². The summed E-state index contributed by atoms with van der Waals surface area (Å²) in [6, 6.07) is 8.10. The molecule has 2 aromatic carbocycles. The first-order valence-corrected chi connectivity index (χ1v) is 6.90. The zero-order valence-electron chi connectivity index (χ0n) is 10.8. The molecule has 0 aromatic heterocycles. The highest BCUT2D eigenvalue weighted by Crippen LogP contribution is 2.21. The number of carbonyl (C=O) groups is 1. The van der Waals surface area contributed by atoms with Gasteiger partial charge >= 0.3 is 0 Å². The summed E-state index contributed by atoms with van der Waals surface area (Å²) in [7, 11) is 0. The molecule has 0 bridgehead atoms. The van der Waals surface area contributed by atoms with Crippen LogP contribution in [-0.4, -0.2) is 12.5 Å². The number of carbonyl (C=O) groups excluding carboxylic acids is 1. The minimum absolute atomic E-state index is 0.0658. The fourth-order valence-corrected chi connectivity index (χ4v) is 2.28.